The van der Waals surface area contributed by atoms with Crippen LogP contribution in [0.3, 0.4) is 0 Å². The van der Waals surface area contributed by atoms with E-state index in [0.29, 0.717) is 18.2 Å². The summed E-state index contributed by atoms with van der Waals surface area (Å²) in [6.07, 6.45) is 3.36. The molecule has 0 spiro atoms. The average Bonchev–Trinajstić information content (AvgIpc) is 2.36. The maximum atomic E-state index is 9.48. The second kappa shape index (κ2) is 7.04. The Labute approximate surface area is 114 Å². The van der Waals surface area contributed by atoms with Gasteiger partial charge in [0.1, 0.15) is 0 Å². The Morgan fingerprint density at radius 3 is 2.78 bits per heavy atom. The highest BCUT2D eigenvalue weighted by atomic mass is 35.5. The van der Waals surface area contributed by atoms with E-state index in [1.165, 1.54) is 0 Å². The van der Waals surface area contributed by atoms with Gasteiger partial charge in [-0.25, -0.2) is 0 Å². The molecule has 1 aromatic rings. The number of aliphatic hydroxyl groups excluding tert-OH is 1. The van der Waals surface area contributed by atoms with Crippen LogP contribution in [0, 0.1) is 0 Å². The predicted octanol–water partition coefficient (Wildman–Crippen LogP) is 1.95. The summed E-state index contributed by atoms with van der Waals surface area (Å²) in [5, 5.41) is 10.1. The van der Waals surface area contributed by atoms with E-state index in [1.807, 2.05) is 19.9 Å². The highest BCUT2D eigenvalue weighted by Gasteiger charge is 2.26. The minimum absolute atomic E-state index is 0.0828. The van der Waals surface area contributed by atoms with Gasteiger partial charge in [0.2, 0.25) is 0 Å². The molecule has 0 atom stereocenters. The normalized spacial score (nSPS) is 12.1. The molecule has 0 unspecified atom stereocenters. The van der Waals surface area contributed by atoms with Crippen LogP contribution in [0.2, 0.25) is 5.02 Å². The summed E-state index contributed by atoms with van der Waals surface area (Å²) in [5.74, 6) is 0. The van der Waals surface area contributed by atoms with Crippen LogP contribution >= 0.6 is 11.6 Å². The summed E-state index contributed by atoms with van der Waals surface area (Å²) in [5.41, 5.74) is 0.690. The molecule has 0 bridgehead atoms. The first-order valence-corrected chi connectivity index (χ1v) is 6.32. The Morgan fingerprint density at radius 2 is 2.22 bits per heavy atom. The zero-order valence-electron chi connectivity index (χ0n) is 11.2. The van der Waals surface area contributed by atoms with Gasteiger partial charge in [0.05, 0.1) is 18.2 Å². The zero-order chi connectivity index (χ0) is 13.6. The highest BCUT2D eigenvalue weighted by Crippen LogP contribution is 2.21. The SMILES string of the molecule is COCCN(Cc1ccncc1Cl)C(C)(C)CO. The Balaban J connectivity index is 2.81. The number of aliphatic hydroxyl groups is 1. The van der Waals surface area contributed by atoms with Gasteiger partial charge >= 0.3 is 0 Å². The van der Waals surface area contributed by atoms with Gasteiger partial charge in [0.15, 0.2) is 0 Å². The van der Waals surface area contributed by atoms with Gasteiger partial charge < -0.3 is 9.84 Å². The number of ether oxygens (including phenoxy) is 1. The number of aromatic nitrogens is 1. The predicted molar refractivity (Wildman–Crippen MR) is 72.7 cm³/mol. The summed E-state index contributed by atoms with van der Waals surface area (Å²) >= 11 is 6.11. The summed E-state index contributed by atoms with van der Waals surface area (Å²) in [7, 11) is 1.67. The van der Waals surface area contributed by atoms with Crippen molar-refractivity contribution >= 4 is 11.6 Å². The monoisotopic (exact) mass is 272 g/mol. The Kier molecular flexibility index (Phi) is 6.02. The standard InChI is InChI=1S/C13H21ClN2O2/c1-13(2,10-17)16(6-7-18-3)9-11-4-5-15-8-12(11)14/h4-5,8,17H,6-7,9-10H2,1-3H3. The molecule has 0 aliphatic heterocycles. The molecule has 18 heavy (non-hydrogen) atoms. The van der Waals surface area contributed by atoms with Crippen molar-refractivity contribution in [2.75, 3.05) is 26.9 Å². The topological polar surface area (TPSA) is 45.6 Å². The molecule has 0 saturated heterocycles. The third-order valence-electron chi connectivity index (χ3n) is 3.03. The Bertz CT molecular complexity index is 372. The maximum absolute atomic E-state index is 9.48. The molecule has 0 fully saturated rings. The third kappa shape index (κ3) is 4.21. The molecule has 1 aromatic heterocycles. The Morgan fingerprint density at radius 1 is 1.50 bits per heavy atom. The number of hydrogen-bond acceptors (Lipinski definition) is 4. The number of halogens is 1. The second-order valence-corrected chi connectivity index (χ2v) is 5.26. The summed E-state index contributed by atoms with van der Waals surface area (Å²) in [6, 6.07) is 1.90. The second-order valence-electron chi connectivity index (χ2n) is 4.85. The van der Waals surface area contributed by atoms with Crippen molar-refractivity contribution in [3.8, 4) is 0 Å². The number of nitrogens with zero attached hydrogens (tertiary/aromatic N) is 2. The van der Waals surface area contributed by atoms with Crippen molar-refractivity contribution in [2.45, 2.75) is 25.9 Å². The highest BCUT2D eigenvalue weighted by molar-refractivity contribution is 6.31. The number of pyridine rings is 1. The van der Waals surface area contributed by atoms with Crippen molar-refractivity contribution in [2.24, 2.45) is 0 Å². The Hall–Kier alpha value is -0.680. The van der Waals surface area contributed by atoms with Crippen LogP contribution in [0.15, 0.2) is 18.5 Å². The van der Waals surface area contributed by atoms with Crippen LogP contribution in [-0.2, 0) is 11.3 Å². The summed E-state index contributed by atoms with van der Waals surface area (Å²) in [4.78, 5) is 6.12. The largest absolute Gasteiger partial charge is 0.394 e. The van der Waals surface area contributed by atoms with E-state index in [-0.39, 0.29) is 12.1 Å². The van der Waals surface area contributed by atoms with Crippen molar-refractivity contribution in [1.82, 2.24) is 9.88 Å². The lowest BCUT2D eigenvalue weighted by Gasteiger charge is -2.37. The van der Waals surface area contributed by atoms with Crippen LogP contribution in [0.4, 0.5) is 0 Å². The number of hydrogen-bond donors (Lipinski definition) is 1. The van der Waals surface area contributed by atoms with Gasteiger partial charge in [-0.3, -0.25) is 9.88 Å². The molecule has 0 aliphatic carbocycles. The van der Waals surface area contributed by atoms with Crippen LogP contribution in [0.25, 0.3) is 0 Å². The lowest BCUT2D eigenvalue weighted by atomic mass is 10.0. The van der Waals surface area contributed by atoms with Crippen molar-refractivity contribution < 1.29 is 9.84 Å². The van der Waals surface area contributed by atoms with E-state index < -0.39 is 0 Å². The fraction of sp³-hybridized carbons (Fsp3) is 0.615. The molecule has 4 nitrogen and oxygen atoms in total. The molecule has 0 aromatic carbocycles. The first-order valence-electron chi connectivity index (χ1n) is 5.94. The molecule has 0 radical (unpaired) electrons. The van der Waals surface area contributed by atoms with Crippen molar-refractivity contribution in [1.29, 1.82) is 0 Å². The van der Waals surface area contributed by atoms with E-state index in [9.17, 15) is 5.11 Å². The molecule has 1 rings (SSSR count). The zero-order valence-corrected chi connectivity index (χ0v) is 11.9. The molecule has 5 heteroatoms. The van der Waals surface area contributed by atoms with Gasteiger partial charge in [0, 0.05) is 38.1 Å². The first-order chi connectivity index (χ1) is 8.51. The van der Waals surface area contributed by atoms with Crippen LogP contribution < -0.4 is 0 Å². The molecule has 1 heterocycles. The molecular formula is C13H21ClN2O2. The van der Waals surface area contributed by atoms with E-state index >= 15 is 0 Å². The fourth-order valence-corrected chi connectivity index (χ4v) is 1.81. The number of methoxy groups -OCH3 is 1. The summed E-state index contributed by atoms with van der Waals surface area (Å²) in [6.45, 7) is 6.10. The van der Waals surface area contributed by atoms with Crippen LogP contribution in [0.1, 0.15) is 19.4 Å². The molecular weight excluding hydrogens is 252 g/mol. The van der Waals surface area contributed by atoms with Crippen LogP contribution in [0.5, 0.6) is 0 Å². The van der Waals surface area contributed by atoms with Gasteiger partial charge in [-0.15, -0.1) is 0 Å². The molecule has 0 saturated carbocycles. The first kappa shape index (κ1) is 15.4. The van der Waals surface area contributed by atoms with E-state index in [1.54, 1.807) is 19.5 Å². The quantitative estimate of drug-likeness (QED) is 0.824. The minimum Gasteiger partial charge on any atom is -0.394 e. The molecule has 1 N–H and O–H groups in total. The van der Waals surface area contributed by atoms with Gasteiger partial charge in [-0.1, -0.05) is 11.6 Å². The molecule has 102 valence electrons. The minimum atomic E-state index is -0.314. The molecule has 0 aliphatic rings. The van der Waals surface area contributed by atoms with E-state index in [0.717, 1.165) is 12.1 Å². The average molecular weight is 273 g/mol. The lowest BCUT2D eigenvalue weighted by molar-refractivity contribution is 0.0299. The molecule has 0 amide bonds. The van der Waals surface area contributed by atoms with Gasteiger partial charge in [-0.2, -0.15) is 0 Å². The lowest BCUT2D eigenvalue weighted by Crippen LogP contribution is -2.47. The van der Waals surface area contributed by atoms with Gasteiger partial charge in [0.25, 0.3) is 0 Å². The number of rotatable bonds is 7. The van der Waals surface area contributed by atoms with Gasteiger partial charge in [-0.05, 0) is 25.5 Å². The maximum Gasteiger partial charge on any atom is 0.0634 e. The van der Waals surface area contributed by atoms with Crippen molar-refractivity contribution in [3.63, 3.8) is 0 Å². The van der Waals surface area contributed by atoms with Crippen molar-refractivity contribution in [3.05, 3.63) is 29.0 Å². The summed E-state index contributed by atoms with van der Waals surface area (Å²) < 4.78 is 5.11. The fourth-order valence-electron chi connectivity index (χ4n) is 1.64. The smallest absolute Gasteiger partial charge is 0.0634 e. The van der Waals surface area contributed by atoms with E-state index in [4.69, 9.17) is 16.3 Å². The van der Waals surface area contributed by atoms with E-state index in [2.05, 4.69) is 9.88 Å². The third-order valence-corrected chi connectivity index (χ3v) is 3.37. The van der Waals surface area contributed by atoms with Crippen LogP contribution in [-0.4, -0.2) is 47.4 Å².